The van der Waals surface area contributed by atoms with Crippen LogP contribution in [-0.2, 0) is 4.74 Å². The zero-order chi connectivity index (χ0) is 24.2. The third kappa shape index (κ3) is 5.36. The standard InChI is InChI=1S/C24H28BN7O3/c25-32-8-6-18(15-32)35-17-3-1-16(2-4-17)19-14-28-23(26)22(29-19)24(33)30-20-13-27-7-5-21(20)31-9-11-34-12-10-31/h1-5,7,13-14,18H,6,8-12,15,25H2,(H2,26,28)(H,30,33)/t18-/m0/s1. The van der Waals surface area contributed by atoms with E-state index < -0.39 is 5.91 Å². The van der Waals surface area contributed by atoms with Gasteiger partial charge in [-0.1, -0.05) is 0 Å². The van der Waals surface area contributed by atoms with E-state index in [2.05, 4.69) is 38.0 Å². The largest absolute Gasteiger partial charge is 0.489 e. The van der Waals surface area contributed by atoms with Crippen LogP contribution in [0.25, 0.3) is 11.3 Å². The fourth-order valence-electron chi connectivity index (χ4n) is 4.34. The molecule has 5 rings (SSSR count). The summed E-state index contributed by atoms with van der Waals surface area (Å²) < 4.78 is 11.5. The molecule has 1 amide bonds. The van der Waals surface area contributed by atoms with E-state index in [1.807, 2.05) is 30.3 Å². The number of ether oxygens (including phenoxy) is 2. The summed E-state index contributed by atoms with van der Waals surface area (Å²) in [5, 5.41) is 2.91. The van der Waals surface area contributed by atoms with Crippen LogP contribution >= 0.6 is 0 Å². The van der Waals surface area contributed by atoms with Crippen LogP contribution < -0.4 is 20.7 Å². The number of morpholine rings is 1. The third-order valence-electron chi connectivity index (χ3n) is 6.21. The molecule has 0 unspecified atom stereocenters. The molecule has 3 aromatic rings. The molecule has 2 fully saturated rings. The lowest BCUT2D eigenvalue weighted by molar-refractivity contribution is 0.102. The lowest BCUT2D eigenvalue weighted by Crippen LogP contribution is -2.36. The quantitative estimate of drug-likeness (QED) is 0.510. The molecule has 1 aromatic carbocycles. The maximum absolute atomic E-state index is 13.1. The second-order valence-electron chi connectivity index (χ2n) is 8.75. The van der Waals surface area contributed by atoms with Gasteiger partial charge in [-0.25, -0.2) is 9.97 Å². The number of pyridine rings is 1. The van der Waals surface area contributed by atoms with E-state index in [1.165, 1.54) is 0 Å². The molecule has 0 aliphatic carbocycles. The summed E-state index contributed by atoms with van der Waals surface area (Å²) in [5.41, 5.74) is 8.93. The minimum atomic E-state index is -0.440. The molecule has 2 aromatic heterocycles. The summed E-state index contributed by atoms with van der Waals surface area (Å²) >= 11 is 0. The Bertz CT molecular complexity index is 1190. The number of benzene rings is 1. The molecule has 0 bridgehead atoms. The van der Waals surface area contributed by atoms with Gasteiger partial charge < -0.3 is 30.2 Å². The van der Waals surface area contributed by atoms with E-state index in [0.29, 0.717) is 24.6 Å². The van der Waals surface area contributed by atoms with Crippen LogP contribution in [0, 0.1) is 0 Å². The van der Waals surface area contributed by atoms with Gasteiger partial charge in [-0.05, 0) is 43.3 Å². The molecule has 2 aliphatic heterocycles. The Hall–Kier alpha value is -3.70. The molecule has 4 heterocycles. The molecule has 2 saturated heterocycles. The molecule has 0 radical (unpaired) electrons. The number of nitrogen functional groups attached to an aromatic ring is 1. The molecule has 35 heavy (non-hydrogen) atoms. The van der Waals surface area contributed by atoms with Gasteiger partial charge in [0.15, 0.2) is 19.5 Å². The van der Waals surface area contributed by atoms with Crippen LogP contribution in [0.1, 0.15) is 16.9 Å². The summed E-state index contributed by atoms with van der Waals surface area (Å²) in [5.74, 6) is 0.431. The number of carbonyl (C=O) groups excluding carboxylic acids is 1. The van der Waals surface area contributed by atoms with Crippen LogP contribution in [-0.4, -0.2) is 79.1 Å². The number of carbonyl (C=O) groups is 1. The van der Waals surface area contributed by atoms with Crippen molar-refractivity contribution in [2.24, 2.45) is 0 Å². The summed E-state index contributed by atoms with van der Waals surface area (Å²) in [6.07, 6.45) is 6.11. The number of aromatic nitrogens is 3. The van der Waals surface area contributed by atoms with Crippen molar-refractivity contribution >= 4 is 31.1 Å². The summed E-state index contributed by atoms with van der Waals surface area (Å²) in [7, 11) is 2.09. The third-order valence-corrected chi connectivity index (χ3v) is 6.21. The van der Waals surface area contributed by atoms with E-state index >= 15 is 0 Å². The molecule has 3 N–H and O–H groups in total. The molecular weight excluding hydrogens is 445 g/mol. The molecule has 10 nitrogen and oxygen atoms in total. The molecule has 11 heteroatoms. The first-order chi connectivity index (χ1) is 17.1. The van der Waals surface area contributed by atoms with Crippen LogP contribution in [0.15, 0.2) is 48.9 Å². The average molecular weight is 473 g/mol. The van der Waals surface area contributed by atoms with Crippen molar-refractivity contribution in [1.29, 1.82) is 0 Å². The van der Waals surface area contributed by atoms with Crippen LogP contribution in [0.3, 0.4) is 0 Å². The van der Waals surface area contributed by atoms with Crippen molar-refractivity contribution < 1.29 is 14.3 Å². The Balaban J connectivity index is 1.32. The Morgan fingerprint density at radius 3 is 2.69 bits per heavy atom. The number of hydrogen-bond acceptors (Lipinski definition) is 9. The predicted octanol–water partition coefficient (Wildman–Crippen LogP) is 1.21. The highest BCUT2D eigenvalue weighted by atomic mass is 16.5. The number of nitrogens with zero attached hydrogens (tertiary/aromatic N) is 5. The van der Waals surface area contributed by atoms with Gasteiger partial charge in [0.25, 0.3) is 5.91 Å². The molecule has 2 aliphatic rings. The number of nitrogens with two attached hydrogens (primary N) is 1. The lowest BCUT2D eigenvalue weighted by Gasteiger charge is -2.30. The van der Waals surface area contributed by atoms with Crippen molar-refractivity contribution in [1.82, 2.24) is 19.8 Å². The molecule has 180 valence electrons. The van der Waals surface area contributed by atoms with Gasteiger partial charge in [-0.15, -0.1) is 0 Å². The summed E-state index contributed by atoms with van der Waals surface area (Å²) in [6, 6.07) is 9.52. The maximum Gasteiger partial charge on any atom is 0.278 e. The topological polar surface area (TPSA) is 119 Å². The van der Waals surface area contributed by atoms with Crippen LogP contribution in [0.5, 0.6) is 5.75 Å². The predicted molar refractivity (Wildman–Crippen MR) is 136 cm³/mol. The van der Waals surface area contributed by atoms with Gasteiger partial charge >= 0.3 is 0 Å². The number of hydrogen-bond donors (Lipinski definition) is 2. The first-order valence-electron chi connectivity index (χ1n) is 11.7. The Kier molecular flexibility index (Phi) is 6.78. The fraction of sp³-hybridized carbons (Fsp3) is 0.333. The summed E-state index contributed by atoms with van der Waals surface area (Å²) in [6.45, 7) is 4.72. The lowest BCUT2D eigenvalue weighted by atomic mass is 10.1. The number of nitrogens with one attached hydrogen (secondary N) is 1. The smallest absolute Gasteiger partial charge is 0.278 e. The highest BCUT2D eigenvalue weighted by Crippen LogP contribution is 2.27. The fourth-order valence-corrected chi connectivity index (χ4v) is 4.34. The first kappa shape index (κ1) is 23.1. The minimum absolute atomic E-state index is 0.0633. The monoisotopic (exact) mass is 473 g/mol. The first-order valence-corrected chi connectivity index (χ1v) is 11.7. The van der Waals surface area contributed by atoms with Crippen molar-refractivity contribution in [3.63, 3.8) is 0 Å². The van der Waals surface area contributed by atoms with Crippen molar-refractivity contribution in [2.45, 2.75) is 12.5 Å². The number of amides is 1. The maximum atomic E-state index is 13.1. The van der Waals surface area contributed by atoms with E-state index in [-0.39, 0.29) is 17.6 Å². The highest BCUT2D eigenvalue weighted by Gasteiger charge is 2.21. The van der Waals surface area contributed by atoms with Crippen molar-refractivity contribution in [2.75, 3.05) is 55.3 Å². The molecule has 0 saturated carbocycles. The van der Waals surface area contributed by atoms with Crippen LogP contribution in [0.2, 0.25) is 0 Å². The molecule has 0 spiro atoms. The van der Waals surface area contributed by atoms with E-state index in [0.717, 1.165) is 49.6 Å². The van der Waals surface area contributed by atoms with E-state index in [4.69, 9.17) is 15.2 Å². The number of rotatable bonds is 6. The Morgan fingerprint density at radius 1 is 1.14 bits per heavy atom. The van der Waals surface area contributed by atoms with Crippen LogP contribution in [0.4, 0.5) is 17.2 Å². The molecular formula is C24H28BN7O3. The van der Waals surface area contributed by atoms with E-state index in [9.17, 15) is 4.79 Å². The SMILES string of the molecule is BN1CC[C@H](Oc2ccc(-c3cnc(N)c(C(=O)Nc4cnccc4N4CCOCC4)n3)cc2)C1. The second kappa shape index (κ2) is 10.3. The second-order valence-corrected chi connectivity index (χ2v) is 8.75. The zero-order valence-corrected chi connectivity index (χ0v) is 19.7. The van der Waals surface area contributed by atoms with Crippen molar-refractivity contribution in [3.8, 4) is 17.0 Å². The normalized spacial score (nSPS) is 18.4. The average Bonchev–Trinajstić information content (AvgIpc) is 3.30. The Morgan fingerprint density at radius 2 is 1.94 bits per heavy atom. The van der Waals surface area contributed by atoms with Gasteiger partial charge in [-0.2, -0.15) is 0 Å². The Labute approximate surface area is 204 Å². The van der Waals surface area contributed by atoms with Gasteiger partial charge in [0.1, 0.15) is 11.9 Å². The van der Waals surface area contributed by atoms with Gasteiger partial charge in [0, 0.05) is 31.4 Å². The van der Waals surface area contributed by atoms with Gasteiger partial charge in [-0.3, -0.25) is 9.78 Å². The highest BCUT2D eigenvalue weighted by molar-refractivity contribution is 6.07. The van der Waals surface area contributed by atoms with E-state index in [1.54, 1.807) is 18.6 Å². The molecule has 1 atom stereocenters. The van der Waals surface area contributed by atoms with Gasteiger partial charge in [0.2, 0.25) is 0 Å². The minimum Gasteiger partial charge on any atom is -0.489 e. The van der Waals surface area contributed by atoms with Crippen molar-refractivity contribution in [3.05, 3.63) is 54.6 Å². The summed E-state index contributed by atoms with van der Waals surface area (Å²) in [4.78, 5) is 30.5. The van der Waals surface area contributed by atoms with Gasteiger partial charge in [0.05, 0.1) is 42.7 Å². The number of anilines is 3. The zero-order valence-electron chi connectivity index (χ0n) is 19.7.